The van der Waals surface area contributed by atoms with Crippen LogP contribution in [0.2, 0.25) is 5.02 Å². The number of likely N-dealkylation sites (tertiary alicyclic amines) is 1. The van der Waals surface area contributed by atoms with E-state index in [2.05, 4.69) is 20.7 Å². The second-order valence-electron chi connectivity index (χ2n) is 7.46. The highest BCUT2D eigenvalue weighted by molar-refractivity contribution is 6.35. The van der Waals surface area contributed by atoms with Gasteiger partial charge in [0.25, 0.3) is 0 Å². The molecule has 0 aliphatic carbocycles. The minimum atomic E-state index is -0.410. The highest BCUT2D eigenvalue weighted by atomic mass is 35.5. The number of fused-ring (bicyclic) bond motifs is 3. The number of aromatic amines is 1. The van der Waals surface area contributed by atoms with E-state index in [4.69, 9.17) is 21.8 Å². The molecule has 2 N–H and O–H groups in total. The van der Waals surface area contributed by atoms with E-state index in [0.29, 0.717) is 18.1 Å². The maximum absolute atomic E-state index is 11.8. The molecule has 8 heteroatoms. The van der Waals surface area contributed by atoms with Gasteiger partial charge in [-0.1, -0.05) is 11.6 Å². The molecule has 2 aliphatic rings. The number of carbonyl (C=O) groups is 1. The zero-order valence-corrected chi connectivity index (χ0v) is 15.5. The fourth-order valence-corrected chi connectivity index (χ4v) is 4.70. The first kappa shape index (κ1) is 16.8. The van der Waals surface area contributed by atoms with Gasteiger partial charge in [0.2, 0.25) is 5.91 Å². The molecule has 7 nitrogen and oxygen atoms in total. The molecular weight excluding hydrogens is 366 g/mol. The van der Waals surface area contributed by atoms with Crippen molar-refractivity contribution >= 4 is 28.5 Å². The predicted octanol–water partition coefficient (Wildman–Crippen LogP) is 2.34. The summed E-state index contributed by atoms with van der Waals surface area (Å²) in [5.74, 6) is -0.181. The van der Waals surface area contributed by atoms with Crippen molar-refractivity contribution in [1.29, 1.82) is 0 Å². The zero-order valence-electron chi connectivity index (χ0n) is 14.8. The average Bonchev–Trinajstić information content (AvgIpc) is 3.38. The summed E-state index contributed by atoms with van der Waals surface area (Å²) < 4.78 is 2.10. The van der Waals surface area contributed by atoms with Gasteiger partial charge in [-0.05, 0) is 31.4 Å². The molecule has 0 aromatic carbocycles. The van der Waals surface area contributed by atoms with Crippen LogP contribution in [0.3, 0.4) is 0 Å². The van der Waals surface area contributed by atoms with Crippen LogP contribution in [-0.4, -0.2) is 55.4 Å². The lowest BCUT2D eigenvalue weighted by molar-refractivity contribution is -0.135. The van der Waals surface area contributed by atoms with Crippen LogP contribution in [0.4, 0.5) is 0 Å². The van der Waals surface area contributed by atoms with E-state index < -0.39 is 6.61 Å². The molecule has 2 aliphatic heterocycles. The molecule has 140 valence electrons. The van der Waals surface area contributed by atoms with Crippen molar-refractivity contribution < 1.29 is 9.90 Å². The van der Waals surface area contributed by atoms with Gasteiger partial charge in [0.1, 0.15) is 12.3 Å². The van der Waals surface area contributed by atoms with E-state index in [1.807, 2.05) is 12.3 Å². The minimum Gasteiger partial charge on any atom is -0.387 e. The van der Waals surface area contributed by atoms with Gasteiger partial charge in [-0.3, -0.25) is 9.48 Å². The van der Waals surface area contributed by atoms with Crippen molar-refractivity contribution in [3.8, 4) is 11.3 Å². The molecular formula is C19H20ClN5O2. The number of aliphatic hydroxyl groups excluding tert-OH is 1. The highest BCUT2D eigenvalue weighted by Crippen LogP contribution is 2.44. The SMILES string of the molecule is O=C(CO)N1CCC2(CC1)CCn1nc(-c3cnc4[nH]cc(Cl)c4c3)cc12. The van der Waals surface area contributed by atoms with E-state index in [1.54, 1.807) is 11.1 Å². The van der Waals surface area contributed by atoms with Crippen molar-refractivity contribution in [3.63, 3.8) is 0 Å². The summed E-state index contributed by atoms with van der Waals surface area (Å²) in [6, 6.07) is 4.19. The van der Waals surface area contributed by atoms with Crippen LogP contribution in [0.1, 0.15) is 25.0 Å². The lowest BCUT2D eigenvalue weighted by Gasteiger charge is -2.38. The molecule has 3 aromatic heterocycles. The number of nitrogens with one attached hydrogen (secondary N) is 1. The number of piperidine rings is 1. The number of hydrogen-bond acceptors (Lipinski definition) is 4. The van der Waals surface area contributed by atoms with Crippen molar-refractivity contribution in [2.45, 2.75) is 31.2 Å². The molecule has 5 heterocycles. The van der Waals surface area contributed by atoms with Crippen LogP contribution in [0.15, 0.2) is 24.5 Å². The molecule has 27 heavy (non-hydrogen) atoms. The number of pyridine rings is 1. The number of hydrogen-bond donors (Lipinski definition) is 2. The largest absolute Gasteiger partial charge is 0.387 e. The van der Waals surface area contributed by atoms with Gasteiger partial charge >= 0.3 is 0 Å². The van der Waals surface area contributed by atoms with Gasteiger partial charge in [-0.2, -0.15) is 5.10 Å². The second kappa shape index (κ2) is 6.07. The lowest BCUT2D eigenvalue weighted by atomic mass is 9.74. The molecule has 1 spiro atoms. The number of aryl methyl sites for hydroxylation is 1. The Bertz CT molecular complexity index is 1030. The fraction of sp³-hybridized carbons (Fsp3) is 0.421. The van der Waals surface area contributed by atoms with E-state index >= 15 is 0 Å². The number of amides is 1. The van der Waals surface area contributed by atoms with Gasteiger partial charge in [0.05, 0.1) is 10.7 Å². The van der Waals surface area contributed by atoms with E-state index in [1.165, 1.54) is 5.69 Å². The van der Waals surface area contributed by atoms with Crippen LogP contribution in [0.5, 0.6) is 0 Å². The van der Waals surface area contributed by atoms with E-state index in [9.17, 15) is 4.79 Å². The zero-order chi connectivity index (χ0) is 18.6. The van der Waals surface area contributed by atoms with Crippen LogP contribution in [0.25, 0.3) is 22.3 Å². The summed E-state index contributed by atoms with van der Waals surface area (Å²) in [6.07, 6.45) is 6.43. The fourth-order valence-electron chi connectivity index (χ4n) is 4.50. The molecule has 1 saturated heterocycles. The Morgan fingerprint density at radius 3 is 2.81 bits per heavy atom. The smallest absolute Gasteiger partial charge is 0.248 e. The Balaban J connectivity index is 1.45. The molecule has 0 bridgehead atoms. The maximum atomic E-state index is 11.8. The number of nitrogens with zero attached hydrogens (tertiary/aromatic N) is 4. The van der Waals surface area contributed by atoms with Crippen LogP contribution >= 0.6 is 11.6 Å². The first-order chi connectivity index (χ1) is 13.1. The van der Waals surface area contributed by atoms with Crippen LogP contribution in [0, 0.1) is 0 Å². The van der Waals surface area contributed by atoms with Gasteiger partial charge in [-0.25, -0.2) is 4.98 Å². The molecule has 0 unspecified atom stereocenters. The Kier molecular flexibility index (Phi) is 3.77. The Morgan fingerprint density at radius 2 is 2.04 bits per heavy atom. The quantitative estimate of drug-likeness (QED) is 0.708. The topological polar surface area (TPSA) is 87.0 Å². The van der Waals surface area contributed by atoms with Gasteiger partial charge in [0, 0.05) is 54.1 Å². The van der Waals surface area contributed by atoms with Crippen molar-refractivity contribution in [1.82, 2.24) is 24.6 Å². The van der Waals surface area contributed by atoms with E-state index in [-0.39, 0.29) is 11.3 Å². The molecule has 0 radical (unpaired) electrons. The van der Waals surface area contributed by atoms with Crippen LogP contribution in [-0.2, 0) is 16.8 Å². The first-order valence-corrected chi connectivity index (χ1v) is 9.57. The van der Waals surface area contributed by atoms with Gasteiger partial charge in [-0.15, -0.1) is 0 Å². The number of halogens is 1. The Hall–Kier alpha value is -2.38. The van der Waals surface area contributed by atoms with Crippen LogP contribution < -0.4 is 0 Å². The number of H-pyrrole nitrogens is 1. The number of aliphatic hydroxyl groups is 1. The summed E-state index contributed by atoms with van der Waals surface area (Å²) in [7, 11) is 0. The third kappa shape index (κ3) is 2.56. The standard InChI is InChI=1S/C19H20ClN5O2/c20-14-10-22-18-13(14)7-12(9-21-18)15-8-16-19(3-6-25(16)23-15)1-4-24(5-2-19)17(27)11-26/h7-10,26H,1-6,11H2,(H,21,22). The van der Waals surface area contributed by atoms with Crippen molar-refractivity contribution in [3.05, 3.63) is 35.2 Å². The number of aromatic nitrogens is 4. The summed E-state index contributed by atoms with van der Waals surface area (Å²) in [5.41, 5.74) is 3.95. The van der Waals surface area contributed by atoms with E-state index in [0.717, 1.165) is 48.1 Å². The van der Waals surface area contributed by atoms with Crippen molar-refractivity contribution in [2.24, 2.45) is 0 Å². The lowest BCUT2D eigenvalue weighted by Crippen LogP contribution is -2.45. The molecule has 1 fully saturated rings. The first-order valence-electron chi connectivity index (χ1n) is 9.20. The summed E-state index contributed by atoms with van der Waals surface area (Å²) in [4.78, 5) is 21.0. The third-order valence-electron chi connectivity index (χ3n) is 6.11. The summed E-state index contributed by atoms with van der Waals surface area (Å²) in [5, 5.41) is 15.4. The molecule has 3 aromatic rings. The summed E-state index contributed by atoms with van der Waals surface area (Å²) in [6.45, 7) is 1.86. The van der Waals surface area contributed by atoms with Gasteiger partial charge < -0.3 is 15.0 Å². The molecule has 5 rings (SSSR count). The molecule has 0 atom stereocenters. The molecule has 0 saturated carbocycles. The monoisotopic (exact) mass is 385 g/mol. The summed E-state index contributed by atoms with van der Waals surface area (Å²) >= 11 is 6.23. The molecule has 1 amide bonds. The van der Waals surface area contributed by atoms with Crippen molar-refractivity contribution in [2.75, 3.05) is 19.7 Å². The van der Waals surface area contributed by atoms with Gasteiger partial charge in [0.15, 0.2) is 0 Å². The number of carbonyl (C=O) groups excluding carboxylic acids is 1. The Morgan fingerprint density at radius 1 is 1.26 bits per heavy atom. The average molecular weight is 386 g/mol. The maximum Gasteiger partial charge on any atom is 0.248 e. The predicted molar refractivity (Wildman–Crippen MR) is 102 cm³/mol. The Labute approximate surface area is 160 Å². The highest BCUT2D eigenvalue weighted by Gasteiger charge is 2.43. The minimum absolute atomic E-state index is 0.0702. The normalized spacial score (nSPS) is 18.4. The second-order valence-corrected chi connectivity index (χ2v) is 7.87. The third-order valence-corrected chi connectivity index (χ3v) is 6.42. The number of rotatable bonds is 2.